The van der Waals surface area contributed by atoms with Crippen molar-refractivity contribution in [2.75, 3.05) is 25.5 Å². The predicted octanol–water partition coefficient (Wildman–Crippen LogP) is 2.88. The van der Waals surface area contributed by atoms with Crippen molar-refractivity contribution in [1.29, 1.82) is 0 Å². The van der Waals surface area contributed by atoms with Gasteiger partial charge in [-0.2, -0.15) is 0 Å². The highest BCUT2D eigenvalue weighted by Gasteiger charge is 2.26. The van der Waals surface area contributed by atoms with E-state index in [1.807, 2.05) is 38.2 Å². The Morgan fingerprint density at radius 2 is 2.24 bits per heavy atom. The van der Waals surface area contributed by atoms with Crippen molar-refractivity contribution >= 4 is 39.9 Å². The van der Waals surface area contributed by atoms with Crippen LogP contribution in [-0.2, 0) is 4.79 Å². The van der Waals surface area contributed by atoms with Crippen LogP contribution in [0, 0.1) is 0 Å². The van der Waals surface area contributed by atoms with Gasteiger partial charge < -0.3 is 10.6 Å². The number of rotatable bonds is 4. The summed E-state index contributed by atoms with van der Waals surface area (Å²) in [5.41, 5.74) is 0.832. The highest BCUT2D eigenvalue weighted by Crippen LogP contribution is 2.17. The van der Waals surface area contributed by atoms with Crippen LogP contribution in [0.1, 0.15) is 19.8 Å². The van der Waals surface area contributed by atoms with Gasteiger partial charge in [-0.25, -0.2) is 0 Å². The number of benzene rings is 1. The fourth-order valence-electron chi connectivity index (χ4n) is 2.57. The summed E-state index contributed by atoms with van der Waals surface area (Å²) < 4.78 is 0.969. The number of anilines is 1. The van der Waals surface area contributed by atoms with Gasteiger partial charge in [-0.3, -0.25) is 9.69 Å². The Kier molecular flexibility index (Phi) is 7.66. The van der Waals surface area contributed by atoms with Gasteiger partial charge in [0, 0.05) is 22.7 Å². The highest BCUT2D eigenvalue weighted by molar-refractivity contribution is 9.10. The number of amides is 1. The zero-order valence-corrected chi connectivity index (χ0v) is 14.8. The molecule has 2 rings (SSSR count). The van der Waals surface area contributed by atoms with Gasteiger partial charge in [0.2, 0.25) is 5.91 Å². The quantitative estimate of drug-likeness (QED) is 0.849. The lowest BCUT2D eigenvalue weighted by Crippen LogP contribution is -2.51. The fourth-order valence-corrected chi connectivity index (χ4v) is 2.97. The monoisotopic (exact) mass is 375 g/mol. The summed E-state index contributed by atoms with van der Waals surface area (Å²) >= 11 is 3.41. The minimum Gasteiger partial charge on any atom is -0.325 e. The van der Waals surface area contributed by atoms with E-state index in [0.717, 1.165) is 29.7 Å². The SMILES string of the molecule is CNC1CCCN(C(C)C(=O)Nc2cccc(Br)c2)C1.Cl. The van der Waals surface area contributed by atoms with Crippen molar-refractivity contribution in [1.82, 2.24) is 10.2 Å². The molecule has 1 aromatic carbocycles. The zero-order chi connectivity index (χ0) is 14.5. The number of carbonyl (C=O) groups excluding carboxylic acids is 1. The lowest BCUT2D eigenvalue weighted by atomic mass is 10.0. The van der Waals surface area contributed by atoms with Crippen LogP contribution in [0.2, 0.25) is 0 Å². The highest BCUT2D eigenvalue weighted by atomic mass is 79.9. The fraction of sp³-hybridized carbons (Fsp3) is 0.533. The van der Waals surface area contributed by atoms with Crippen LogP contribution in [0.15, 0.2) is 28.7 Å². The summed E-state index contributed by atoms with van der Waals surface area (Å²) in [6.07, 6.45) is 2.33. The Labute approximate surface area is 141 Å². The Morgan fingerprint density at radius 3 is 2.90 bits per heavy atom. The largest absolute Gasteiger partial charge is 0.325 e. The average Bonchev–Trinajstić information content (AvgIpc) is 2.46. The molecule has 0 aliphatic carbocycles. The van der Waals surface area contributed by atoms with Crippen LogP contribution in [0.3, 0.4) is 0 Å². The molecule has 1 heterocycles. The first-order valence-electron chi connectivity index (χ1n) is 7.08. The van der Waals surface area contributed by atoms with E-state index in [4.69, 9.17) is 0 Å². The first-order chi connectivity index (χ1) is 9.60. The van der Waals surface area contributed by atoms with Gasteiger partial charge in [-0.05, 0) is 51.6 Å². The zero-order valence-electron chi connectivity index (χ0n) is 12.4. The molecule has 2 atom stereocenters. The second-order valence-electron chi connectivity index (χ2n) is 5.30. The molecule has 0 saturated carbocycles. The van der Waals surface area contributed by atoms with E-state index in [9.17, 15) is 4.79 Å². The maximum Gasteiger partial charge on any atom is 0.241 e. The Hall–Kier alpha value is -0.620. The topological polar surface area (TPSA) is 44.4 Å². The van der Waals surface area contributed by atoms with E-state index >= 15 is 0 Å². The van der Waals surface area contributed by atoms with Gasteiger partial charge in [0.15, 0.2) is 0 Å². The maximum absolute atomic E-state index is 12.3. The van der Waals surface area contributed by atoms with Crippen molar-refractivity contribution < 1.29 is 4.79 Å². The molecule has 1 aromatic rings. The number of nitrogens with one attached hydrogen (secondary N) is 2. The van der Waals surface area contributed by atoms with E-state index in [-0.39, 0.29) is 24.4 Å². The van der Waals surface area contributed by atoms with Crippen LogP contribution in [0.5, 0.6) is 0 Å². The molecular formula is C15H23BrClN3O. The summed E-state index contributed by atoms with van der Waals surface area (Å²) in [5.74, 6) is 0.0554. The minimum atomic E-state index is -0.106. The van der Waals surface area contributed by atoms with E-state index in [0.29, 0.717) is 6.04 Å². The molecule has 6 heteroatoms. The third-order valence-corrected chi connectivity index (χ3v) is 4.37. The molecule has 0 radical (unpaired) electrons. The lowest BCUT2D eigenvalue weighted by molar-refractivity contribution is -0.121. The summed E-state index contributed by atoms with van der Waals surface area (Å²) in [7, 11) is 1.99. The van der Waals surface area contributed by atoms with E-state index in [1.54, 1.807) is 0 Å². The first-order valence-corrected chi connectivity index (χ1v) is 7.87. The number of likely N-dealkylation sites (N-methyl/N-ethyl adjacent to an activating group) is 1. The molecule has 0 bridgehead atoms. The molecule has 0 aromatic heterocycles. The predicted molar refractivity (Wildman–Crippen MR) is 93.1 cm³/mol. The molecular weight excluding hydrogens is 354 g/mol. The third kappa shape index (κ3) is 5.25. The third-order valence-electron chi connectivity index (χ3n) is 3.88. The van der Waals surface area contributed by atoms with Crippen molar-refractivity contribution in [3.63, 3.8) is 0 Å². The van der Waals surface area contributed by atoms with Crippen LogP contribution in [0.25, 0.3) is 0 Å². The van der Waals surface area contributed by atoms with Gasteiger partial charge in [0.1, 0.15) is 0 Å². The molecule has 1 aliphatic rings. The summed E-state index contributed by atoms with van der Waals surface area (Å²) in [5, 5.41) is 6.29. The molecule has 2 unspecified atom stereocenters. The van der Waals surface area contributed by atoms with Crippen LogP contribution in [0.4, 0.5) is 5.69 Å². The maximum atomic E-state index is 12.3. The Balaban J connectivity index is 0.00000220. The van der Waals surface area contributed by atoms with Crippen molar-refractivity contribution in [3.8, 4) is 0 Å². The van der Waals surface area contributed by atoms with Crippen LogP contribution < -0.4 is 10.6 Å². The molecule has 118 valence electrons. The molecule has 1 aliphatic heterocycles. The van der Waals surface area contributed by atoms with Gasteiger partial charge in [0.05, 0.1) is 6.04 Å². The summed E-state index contributed by atoms with van der Waals surface area (Å²) in [6.45, 7) is 3.90. The number of halogens is 2. The first kappa shape index (κ1) is 18.4. The number of carbonyl (C=O) groups is 1. The molecule has 21 heavy (non-hydrogen) atoms. The summed E-state index contributed by atoms with van der Waals surface area (Å²) in [4.78, 5) is 14.6. The van der Waals surface area contributed by atoms with Crippen molar-refractivity contribution in [2.45, 2.75) is 31.8 Å². The average molecular weight is 377 g/mol. The van der Waals surface area contributed by atoms with Gasteiger partial charge in [-0.15, -0.1) is 12.4 Å². The second-order valence-corrected chi connectivity index (χ2v) is 6.21. The van der Waals surface area contributed by atoms with Crippen molar-refractivity contribution in [2.24, 2.45) is 0 Å². The molecule has 0 spiro atoms. The summed E-state index contributed by atoms with van der Waals surface area (Å²) in [6, 6.07) is 8.07. The minimum absolute atomic E-state index is 0. The van der Waals surface area contributed by atoms with E-state index in [1.165, 1.54) is 6.42 Å². The Bertz CT molecular complexity index is 472. The van der Waals surface area contributed by atoms with Gasteiger partial charge in [0.25, 0.3) is 0 Å². The Morgan fingerprint density at radius 1 is 1.48 bits per heavy atom. The second kappa shape index (κ2) is 8.73. The number of nitrogens with zero attached hydrogens (tertiary/aromatic N) is 1. The normalized spacial score (nSPS) is 20.4. The number of likely N-dealkylation sites (tertiary alicyclic amines) is 1. The standard InChI is InChI=1S/C15H22BrN3O.ClH/c1-11(19-8-4-7-14(10-19)17-2)15(20)18-13-6-3-5-12(16)9-13;/h3,5-6,9,11,14,17H,4,7-8,10H2,1-2H3,(H,18,20);1H. The van der Waals surface area contributed by atoms with Crippen LogP contribution >= 0.6 is 28.3 Å². The molecule has 1 saturated heterocycles. The van der Waals surface area contributed by atoms with Crippen molar-refractivity contribution in [3.05, 3.63) is 28.7 Å². The van der Waals surface area contributed by atoms with Crippen LogP contribution in [-0.4, -0.2) is 43.0 Å². The molecule has 1 amide bonds. The molecule has 2 N–H and O–H groups in total. The van der Waals surface area contributed by atoms with Gasteiger partial charge >= 0.3 is 0 Å². The number of piperidine rings is 1. The number of hydrogen-bond donors (Lipinski definition) is 2. The van der Waals surface area contributed by atoms with Gasteiger partial charge in [-0.1, -0.05) is 22.0 Å². The van der Waals surface area contributed by atoms with E-state index in [2.05, 4.69) is 31.5 Å². The lowest BCUT2D eigenvalue weighted by Gasteiger charge is -2.35. The smallest absolute Gasteiger partial charge is 0.241 e. The number of hydrogen-bond acceptors (Lipinski definition) is 3. The molecule has 4 nitrogen and oxygen atoms in total. The van der Waals surface area contributed by atoms with E-state index < -0.39 is 0 Å². The molecule has 1 fully saturated rings.